The van der Waals surface area contributed by atoms with E-state index in [0.29, 0.717) is 29.7 Å². The van der Waals surface area contributed by atoms with Crippen LogP contribution in [0.15, 0.2) is 28.8 Å². The summed E-state index contributed by atoms with van der Waals surface area (Å²) in [5.74, 6) is 0.625. The van der Waals surface area contributed by atoms with Gasteiger partial charge in [0.25, 0.3) is 5.91 Å². The fourth-order valence-electron chi connectivity index (χ4n) is 2.69. The first-order valence-corrected chi connectivity index (χ1v) is 8.44. The van der Waals surface area contributed by atoms with Gasteiger partial charge in [-0.2, -0.15) is 4.98 Å². The van der Waals surface area contributed by atoms with Crippen molar-refractivity contribution in [1.29, 1.82) is 0 Å². The van der Waals surface area contributed by atoms with E-state index in [1.54, 1.807) is 19.1 Å². The molecule has 1 aliphatic carbocycles. The molecule has 2 aromatic rings. The summed E-state index contributed by atoms with van der Waals surface area (Å²) >= 11 is 5.85. The molecule has 0 bridgehead atoms. The van der Waals surface area contributed by atoms with Crippen molar-refractivity contribution in [2.75, 3.05) is 6.54 Å². The number of nitrogens with one attached hydrogen (secondary N) is 1. The minimum Gasteiger partial charge on any atom is -0.380 e. The van der Waals surface area contributed by atoms with E-state index in [-0.39, 0.29) is 11.8 Å². The zero-order valence-electron chi connectivity index (χ0n) is 13.5. The highest BCUT2D eigenvalue weighted by molar-refractivity contribution is 6.30. The van der Waals surface area contributed by atoms with Gasteiger partial charge in [-0.05, 0) is 49.9 Å². The maximum absolute atomic E-state index is 12.1. The number of benzene rings is 1. The van der Waals surface area contributed by atoms with Crippen LogP contribution in [0.1, 0.15) is 32.1 Å². The lowest BCUT2D eigenvalue weighted by molar-refractivity contribution is -0.147. The van der Waals surface area contributed by atoms with Crippen molar-refractivity contribution in [2.45, 2.75) is 38.2 Å². The van der Waals surface area contributed by atoms with Gasteiger partial charge in [0.15, 0.2) is 0 Å². The molecule has 0 radical (unpaired) electrons. The summed E-state index contributed by atoms with van der Waals surface area (Å²) in [5, 5.41) is 17.6. The molecule has 1 unspecified atom stereocenters. The van der Waals surface area contributed by atoms with Crippen LogP contribution in [0.3, 0.4) is 0 Å². The van der Waals surface area contributed by atoms with Gasteiger partial charge in [0.1, 0.15) is 5.60 Å². The summed E-state index contributed by atoms with van der Waals surface area (Å²) in [6, 6.07) is 7.15. The first-order chi connectivity index (χ1) is 11.5. The maximum Gasteiger partial charge on any atom is 0.251 e. The molecule has 128 valence electrons. The predicted molar refractivity (Wildman–Crippen MR) is 89.4 cm³/mol. The molecule has 1 atom stereocenters. The van der Waals surface area contributed by atoms with Crippen LogP contribution in [-0.4, -0.2) is 33.3 Å². The Morgan fingerprint density at radius 1 is 1.42 bits per heavy atom. The Morgan fingerprint density at radius 2 is 2.12 bits per heavy atom. The maximum atomic E-state index is 12.1. The van der Waals surface area contributed by atoms with Crippen LogP contribution < -0.4 is 5.32 Å². The zero-order chi connectivity index (χ0) is 17.2. The van der Waals surface area contributed by atoms with Crippen LogP contribution in [0.25, 0.3) is 11.4 Å². The normalized spacial score (nSPS) is 17.1. The Labute approximate surface area is 145 Å². The molecule has 3 rings (SSSR count). The summed E-state index contributed by atoms with van der Waals surface area (Å²) in [6.45, 7) is 1.92. The van der Waals surface area contributed by atoms with Crippen molar-refractivity contribution in [2.24, 2.45) is 5.92 Å². The fourth-order valence-corrected chi connectivity index (χ4v) is 2.82. The highest BCUT2D eigenvalue weighted by Crippen LogP contribution is 2.36. The van der Waals surface area contributed by atoms with E-state index in [4.69, 9.17) is 16.1 Å². The van der Waals surface area contributed by atoms with Gasteiger partial charge in [0.05, 0.1) is 0 Å². The summed E-state index contributed by atoms with van der Waals surface area (Å²) in [7, 11) is 0. The van der Waals surface area contributed by atoms with Gasteiger partial charge in [-0.15, -0.1) is 0 Å². The number of hydrogen-bond donors (Lipinski definition) is 2. The largest absolute Gasteiger partial charge is 0.380 e. The van der Waals surface area contributed by atoms with Crippen LogP contribution in [0, 0.1) is 5.92 Å². The Bertz CT molecular complexity index is 708. The number of aliphatic hydroxyl groups is 1. The quantitative estimate of drug-likeness (QED) is 0.836. The van der Waals surface area contributed by atoms with Crippen molar-refractivity contribution in [3.8, 4) is 11.4 Å². The third kappa shape index (κ3) is 3.60. The van der Waals surface area contributed by atoms with Gasteiger partial charge in [-0.25, -0.2) is 0 Å². The Morgan fingerprint density at radius 3 is 2.75 bits per heavy atom. The molecule has 2 N–H and O–H groups in total. The lowest BCUT2D eigenvalue weighted by Gasteiger charge is -2.37. The second-order valence-electron chi connectivity index (χ2n) is 6.30. The molecule has 1 heterocycles. The molecule has 1 aromatic carbocycles. The lowest BCUT2D eigenvalue weighted by atomic mass is 9.73. The van der Waals surface area contributed by atoms with Crippen LogP contribution in [0.5, 0.6) is 0 Å². The number of carbonyl (C=O) groups excluding carboxylic acids is 1. The average Bonchev–Trinajstić information content (AvgIpc) is 2.94. The molecule has 1 amide bonds. The molecule has 1 fully saturated rings. The van der Waals surface area contributed by atoms with Crippen molar-refractivity contribution < 1.29 is 14.4 Å². The summed E-state index contributed by atoms with van der Waals surface area (Å²) in [6.07, 6.45) is 3.28. The summed E-state index contributed by atoms with van der Waals surface area (Å²) in [4.78, 5) is 16.4. The molecule has 0 aliphatic heterocycles. The molecule has 1 aliphatic rings. The molecule has 6 nitrogen and oxygen atoms in total. The highest BCUT2D eigenvalue weighted by Gasteiger charge is 2.41. The van der Waals surface area contributed by atoms with Gasteiger partial charge in [0, 0.05) is 23.6 Å². The topological polar surface area (TPSA) is 88.2 Å². The highest BCUT2D eigenvalue weighted by atomic mass is 35.5. The van der Waals surface area contributed by atoms with Gasteiger partial charge in [-0.3, -0.25) is 4.79 Å². The van der Waals surface area contributed by atoms with E-state index < -0.39 is 5.60 Å². The molecule has 7 heteroatoms. The number of rotatable bonds is 6. The molecule has 24 heavy (non-hydrogen) atoms. The Hall–Kier alpha value is -1.92. The number of amides is 1. The van der Waals surface area contributed by atoms with Crippen molar-refractivity contribution in [1.82, 2.24) is 15.5 Å². The first-order valence-electron chi connectivity index (χ1n) is 8.06. The average molecular weight is 350 g/mol. The SMILES string of the molecule is CC(O)(C(=O)NCCc1nc(-c2ccc(Cl)cc2)no1)C1CCC1. The van der Waals surface area contributed by atoms with Crippen molar-refractivity contribution in [3.05, 3.63) is 35.2 Å². The van der Waals surface area contributed by atoms with Crippen LogP contribution >= 0.6 is 11.6 Å². The third-order valence-corrected chi connectivity index (χ3v) is 4.81. The van der Waals surface area contributed by atoms with E-state index in [0.717, 1.165) is 24.8 Å². The Kier molecular flexibility index (Phi) is 4.87. The molecule has 0 spiro atoms. The molecular formula is C17H20ClN3O3. The predicted octanol–water partition coefficient (Wildman–Crippen LogP) is 2.60. The van der Waals surface area contributed by atoms with Crippen LogP contribution in [0.2, 0.25) is 5.02 Å². The number of halogens is 1. The second-order valence-corrected chi connectivity index (χ2v) is 6.74. The zero-order valence-corrected chi connectivity index (χ0v) is 14.2. The number of nitrogens with zero attached hydrogens (tertiary/aromatic N) is 2. The standard InChI is InChI=1S/C17H20ClN3O3/c1-17(23,12-3-2-4-12)16(22)19-10-9-14-20-15(21-24-14)11-5-7-13(18)8-6-11/h5-8,12,23H,2-4,9-10H2,1H3,(H,19,22). The molecule has 0 saturated heterocycles. The summed E-state index contributed by atoms with van der Waals surface area (Å²) in [5.41, 5.74) is -0.493. The van der Waals surface area contributed by atoms with E-state index in [1.165, 1.54) is 0 Å². The minimum absolute atomic E-state index is 0.0532. The lowest BCUT2D eigenvalue weighted by Crippen LogP contribution is -2.52. The fraction of sp³-hybridized carbons (Fsp3) is 0.471. The van der Waals surface area contributed by atoms with Gasteiger partial charge in [-0.1, -0.05) is 23.2 Å². The van der Waals surface area contributed by atoms with E-state index in [1.807, 2.05) is 12.1 Å². The number of aromatic nitrogens is 2. The molecule has 1 saturated carbocycles. The van der Waals surface area contributed by atoms with E-state index in [9.17, 15) is 9.90 Å². The van der Waals surface area contributed by atoms with Gasteiger partial charge in [0.2, 0.25) is 11.7 Å². The van der Waals surface area contributed by atoms with Gasteiger partial charge >= 0.3 is 0 Å². The monoisotopic (exact) mass is 349 g/mol. The van der Waals surface area contributed by atoms with Crippen LogP contribution in [0.4, 0.5) is 0 Å². The molecule has 1 aromatic heterocycles. The second kappa shape index (κ2) is 6.91. The third-order valence-electron chi connectivity index (χ3n) is 4.55. The van der Waals surface area contributed by atoms with Crippen LogP contribution in [-0.2, 0) is 11.2 Å². The molecular weight excluding hydrogens is 330 g/mol. The van der Waals surface area contributed by atoms with E-state index in [2.05, 4.69) is 15.5 Å². The summed E-state index contributed by atoms with van der Waals surface area (Å²) < 4.78 is 5.19. The van der Waals surface area contributed by atoms with E-state index >= 15 is 0 Å². The number of carbonyl (C=O) groups is 1. The van der Waals surface area contributed by atoms with Crippen molar-refractivity contribution in [3.63, 3.8) is 0 Å². The minimum atomic E-state index is -1.30. The number of hydrogen-bond acceptors (Lipinski definition) is 5. The smallest absolute Gasteiger partial charge is 0.251 e. The van der Waals surface area contributed by atoms with Gasteiger partial charge < -0.3 is 14.9 Å². The first kappa shape index (κ1) is 16.9. The Balaban J connectivity index is 1.52. The van der Waals surface area contributed by atoms with Crippen molar-refractivity contribution >= 4 is 17.5 Å².